The highest BCUT2D eigenvalue weighted by Crippen LogP contribution is 2.29. The van der Waals surface area contributed by atoms with E-state index in [1.165, 1.54) is 14.2 Å². The Kier molecular flexibility index (Phi) is 13.0. The molecule has 0 amide bonds. The van der Waals surface area contributed by atoms with E-state index in [4.69, 9.17) is 19.1 Å². The summed E-state index contributed by atoms with van der Waals surface area (Å²) in [6, 6.07) is 0. The number of allylic oxidation sites excluding steroid dienone is 6. The van der Waals surface area contributed by atoms with Crippen LogP contribution in [0.15, 0.2) is 45.0 Å². The maximum absolute atomic E-state index is 12.5. The van der Waals surface area contributed by atoms with Crippen LogP contribution in [0.3, 0.4) is 0 Å². The lowest BCUT2D eigenvalue weighted by atomic mass is 9.86. The summed E-state index contributed by atoms with van der Waals surface area (Å²) >= 11 is 0. The number of hydrogen-bond acceptors (Lipinski definition) is 9. The molecule has 0 N–H and O–H groups in total. The van der Waals surface area contributed by atoms with E-state index in [1.807, 2.05) is 0 Å². The fraction of sp³-hybridized carbons (Fsp3) is 0.600. The number of carbonyl (C=O) groups excluding carboxylic acids is 4. The Morgan fingerprint density at radius 1 is 0.500 bits per heavy atom. The molecular weight excluding hydrogens is 518 g/mol. The summed E-state index contributed by atoms with van der Waals surface area (Å²) in [7, 11) is 2.79. The van der Waals surface area contributed by atoms with Gasteiger partial charge in [0.1, 0.15) is 4.91 Å². The zero-order valence-corrected chi connectivity index (χ0v) is 24.6. The molecule has 2 aliphatic carbocycles. The smallest absolute Gasteiger partial charge is 0.477 e. The van der Waals surface area contributed by atoms with Crippen LogP contribution in [0.25, 0.3) is 0 Å². The van der Waals surface area contributed by atoms with Crippen LogP contribution in [0.2, 0.25) is 0 Å². The highest BCUT2D eigenvalue weighted by Gasteiger charge is 2.31. The predicted octanol–water partition coefficient (Wildman–Crippen LogP) is 5.31. The van der Waals surface area contributed by atoms with E-state index in [0.717, 1.165) is 38.5 Å². The summed E-state index contributed by atoms with van der Waals surface area (Å²) in [6.07, 6.45) is 7.18. The number of ether oxygens (including phenoxy) is 2. The van der Waals surface area contributed by atoms with Crippen molar-refractivity contribution in [1.29, 1.82) is 0 Å². The fourth-order valence-corrected chi connectivity index (χ4v) is 4.88. The van der Waals surface area contributed by atoms with Crippen molar-refractivity contribution in [3.8, 4) is 0 Å². The van der Waals surface area contributed by atoms with Crippen molar-refractivity contribution < 1.29 is 43.4 Å². The average Bonchev–Trinajstić information content (AvgIpc) is 2.93. The molecule has 2 rings (SSSR count). The third-order valence-corrected chi connectivity index (χ3v) is 7.35. The molecule has 0 saturated carbocycles. The summed E-state index contributed by atoms with van der Waals surface area (Å²) in [5, 5.41) is 0.145. The molecule has 0 fully saturated rings. The number of carbonyl (C=O) groups is 4. The molecule has 0 unspecified atom stereocenters. The van der Waals surface area contributed by atoms with Gasteiger partial charge >= 0.3 is 5.09 Å². The van der Waals surface area contributed by atoms with Crippen molar-refractivity contribution in [2.45, 2.75) is 91.9 Å². The third-order valence-electron chi connectivity index (χ3n) is 7.35. The van der Waals surface area contributed by atoms with E-state index in [0.29, 0.717) is 59.1 Å². The first kappa shape index (κ1) is 32.7. The van der Waals surface area contributed by atoms with Gasteiger partial charge in [0.05, 0.1) is 14.2 Å². The summed E-state index contributed by atoms with van der Waals surface area (Å²) in [6.45, 7) is 7.00. The van der Waals surface area contributed by atoms with Crippen LogP contribution in [-0.2, 0) is 38.3 Å². The van der Waals surface area contributed by atoms with Gasteiger partial charge in [-0.25, -0.2) is 0 Å². The molecule has 0 atom stereocenters. The van der Waals surface area contributed by atoms with Gasteiger partial charge in [0, 0.05) is 33.4 Å². The number of ketones is 4. The van der Waals surface area contributed by atoms with Crippen LogP contribution in [0.1, 0.15) is 91.9 Å². The first-order valence-corrected chi connectivity index (χ1v) is 13.9. The van der Waals surface area contributed by atoms with Gasteiger partial charge in [0.2, 0.25) is 11.6 Å². The molecule has 0 heterocycles. The Morgan fingerprint density at radius 2 is 0.850 bits per heavy atom. The molecule has 0 aromatic heterocycles. The van der Waals surface area contributed by atoms with Gasteiger partial charge in [-0.1, -0.05) is 12.8 Å². The SMILES string of the molecule is COC1=C(C)C(=O)C(CCCCCCO[N+](=O)OCCCCCCC2=C(C)C(=O)C(OC)=C(C)C2=O)=C(C)C1=O. The van der Waals surface area contributed by atoms with Gasteiger partial charge in [0.15, 0.2) is 36.3 Å². The molecular formula is C30H42NO9+. The average molecular weight is 561 g/mol. The molecule has 0 radical (unpaired) electrons. The summed E-state index contributed by atoms with van der Waals surface area (Å²) in [4.78, 5) is 71.5. The fourth-order valence-electron chi connectivity index (χ4n) is 4.88. The largest absolute Gasteiger partial charge is 0.492 e. The lowest BCUT2D eigenvalue weighted by molar-refractivity contribution is -0.981. The normalized spacial score (nSPS) is 16.4. The first-order valence-electron chi connectivity index (χ1n) is 13.9. The van der Waals surface area contributed by atoms with Crippen molar-refractivity contribution in [3.05, 3.63) is 49.9 Å². The minimum Gasteiger partial charge on any atom is -0.492 e. The molecule has 0 saturated heterocycles. The maximum atomic E-state index is 12.5. The van der Waals surface area contributed by atoms with Gasteiger partial charge in [-0.05, 0) is 79.1 Å². The van der Waals surface area contributed by atoms with E-state index in [1.54, 1.807) is 27.7 Å². The summed E-state index contributed by atoms with van der Waals surface area (Å²) < 4.78 is 10.2. The molecule has 0 spiro atoms. The second kappa shape index (κ2) is 15.9. The summed E-state index contributed by atoms with van der Waals surface area (Å²) in [5.74, 6) is -0.465. The topological polar surface area (TPSA) is 125 Å². The van der Waals surface area contributed by atoms with Crippen molar-refractivity contribution in [2.75, 3.05) is 27.4 Å². The number of hydrogen-bond donors (Lipinski definition) is 0. The van der Waals surface area contributed by atoms with Gasteiger partial charge in [-0.15, -0.1) is 0 Å². The van der Waals surface area contributed by atoms with Crippen LogP contribution in [0.4, 0.5) is 0 Å². The monoisotopic (exact) mass is 560 g/mol. The number of methoxy groups -OCH3 is 2. The second-order valence-electron chi connectivity index (χ2n) is 10.1. The highest BCUT2D eigenvalue weighted by atomic mass is 17.0. The second-order valence-corrected chi connectivity index (χ2v) is 10.1. The first-order chi connectivity index (χ1) is 19.1. The van der Waals surface area contributed by atoms with Crippen molar-refractivity contribution >= 4 is 23.1 Å². The van der Waals surface area contributed by atoms with Crippen LogP contribution in [-0.4, -0.2) is 55.7 Å². The minimum atomic E-state index is -0.228. The molecule has 220 valence electrons. The quantitative estimate of drug-likeness (QED) is 0.125. The maximum Gasteiger partial charge on any atom is 0.477 e. The lowest BCUT2D eigenvalue weighted by Crippen LogP contribution is -2.22. The molecule has 0 aromatic rings. The van der Waals surface area contributed by atoms with Crippen LogP contribution >= 0.6 is 0 Å². The van der Waals surface area contributed by atoms with E-state index in [9.17, 15) is 24.1 Å². The molecule has 0 bridgehead atoms. The number of unbranched alkanes of at least 4 members (excludes halogenated alkanes) is 6. The van der Waals surface area contributed by atoms with E-state index >= 15 is 0 Å². The van der Waals surface area contributed by atoms with Crippen LogP contribution < -0.4 is 0 Å². The Morgan fingerprint density at radius 3 is 1.20 bits per heavy atom. The number of nitrogens with zero attached hydrogens (tertiary/aromatic N) is 1. The number of Topliss-reactive ketones (excluding diaryl/α,β-unsaturated/α-hetero) is 4. The lowest BCUT2D eigenvalue weighted by Gasteiger charge is -2.19. The zero-order chi connectivity index (χ0) is 29.8. The van der Waals surface area contributed by atoms with Crippen molar-refractivity contribution in [1.82, 2.24) is 0 Å². The summed E-state index contributed by atoms with van der Waals surface area (Å²) in [5.41, 5.74) is 2.71. The van der Waals surface area contributed by atoms with E-state index in [-0.39, 0.29) is 53.0 Å². The van der Waals surface area contributed by atoms with E-state index < -0.39 is 0 Å². The van der Waals surface area contributed by atoms with Crippen molar-refractivity contribution in [3.63, 3.8) is 0 Å². The van der Waals surface area contributed by atoms with E-state index in [2.05, 4.69) is 0 Å². The Hall–Kier alpha value is -3.56. The molecule has 0 aliphatic heterocycles. The Bertz CT molecular complexity index is 1070. The zero-order valence-electron chi connectivity index (χ0n) is 24.6. The van der Waals surface area contributed by atoms with Gasteiger partial charge < -0.3 is 9.47 Å². The highest BCUT2D eigenvalue weighted by molar-refractivity contribution is 6.24. The number of rotatable bonds is 18. The predicted molar refractivity (Wildman–Crippen MR) is 147 cm³/mol. The van der Waals surface area contributed by atoms with Gasteiger partial charge in [0.25, 0.3) is 0 Å². The Labute approximate surface area is 235 Å². The van der Waals surface area contributed by atoms with Gasteiger partial charge in [-0.2, -0.15) is 9.68 Å². The molecule has 2 aliphatic rings. The standard InChI is InChI=1S/C30H42NO9/c1-19-23(25(32)21(3)29(37-5)27(19)34)15-11-7-9-13-17-39-31(36)40-18-14-10-8-12-16-24-20(2)28(35)30(38-6)22(4)26(24)33/h7-18H2,1-6H3/q+1. The molecule has 10 nitrogen and oxygen atoms in total. The Balaban J connectivity index is 1.52. The van der Waals surface area contributed by atoms with Crippen LogP contribution in [0.5, 0.6) is 0 Å². The minimum absolute atomic E-state index is 0.126. The van der Waals surface area contributed by atoms with Crippen LogP contribution in [0, 0.1) is 4.91 Å². The third kappa shape index (κ3) is 8.22. The molecule has 0 aromatic carbocycles. The van der Waals surface area contributed by atoms with Crippen molar-refractivity contribution in [2.24, 2.45) is 0 Å². The molecule has 40 heavy (non-hydrogen) atoms. The van der Waals surface area contributed by atoms with Gasteiger partial charge in [-0.3, -0.25) is 19.2 Å². The molecule has 10 heteroatoms.